The van der Waals surface area contributed by atoms with E-state index in [4.69, 9.17) is 18.9 Å². The van der Waals surface area contributed by atoms with Gasteiger partial charge in [-0.25, -0.2) is 0 Å². The summed E-state index contributed by atoms with van der Waals surface area (Å²) in [6.07, 6.45) is 31.0. The Bertz CT molecular complexity index is 1410. The Balaban J connectivity index is 2.90. The fraction of sp³-hybridized carbons (Fsp3) is 0.860. The van der Waals surface area contributed by atoms with Crippen molar-refractivity contribution in [3.63, 3.8) is 0 Å². The molecule has 0 unspecified atom stereocenters. The van der Waals surface area contributed by atoms with Gasteiger partial charge in [0.1, 0.15) is 11.4 Å². The second kappa shape index (κ2) is 44.2. The Morgan fingerprint density at radius 3 is 1.06 bits per heavy atom. The van der Waals surface area contributed by atoms with E-state index < -0.39 is 10.9 Å². The lowest BCUT2D eigenvalue weighted by molar-refractivity contribution is -0.151. The van der Waals surface area contributed by atoms with Crippen LogP contribution in [0, 0.1) is 11.8 Å². The molecule has 0 bridgehead atoms. The van der Waals surface area contributed by atoms with Crippen LogP contribution < -0.4 is 21.1 Å². The highest BCUT2D eigenvalue weighted by molar-refractivity contribution is 5.74. The van der Waals surface area contributed by atoms with Crippen LogP contribution in [0.2, 0.25) is 0 Å². The maximum Gasteiger partial charge on any atom is 0.305 e. The summed E-state index contributed by atoms with van der Waals surface area (Å²) >= 11 is 0. The van der Waals surface area contributed by atoms with E-state index in [1.165, 1.54) is 25.7 Å². The van der Waals surface area contributed by atoms with Crippen molar-refractivity contribution in [2.75, 3.05) is 76.9 Å². The lowest BCUT2D eigenvalue weighted by Crippen LogP contribution is -2.40. The van der Waals surface area contributed by atoms with Crippen molar-refractivity contribution in [3.8, 4) is 0 Å². The van der Waals surface area contributed by atoms with Crippen LogP contribution in [-0.4, -0.2) is 95.5 Å². The number of carbonyl (C=O) groups excluding carboxylic acids is 4. The zero-order valence-corrected chi connectivity index (χ0v) is 45.6. The highest BCUT2D eigenvalue weighted by Crippen LogP contribution is 2.19. The normalized spacial score (nSPS) is 11.5. The third-order valence-corrected chi connectivity index (χ3v) is 13.3. The van der Waals surface area contributed by atoms with Gasteiger partial charge in [0.2, 0.25) is 0 Å². The first-order chi connectivity index (χ1) is 34.0. The summed E-state index contributed by atoms with van der Waals surface area (Å²) in [5.41, 5.74) is -0.0258. The van der Waals surface area contributed by atoms with Gasteiger partial charge in [-0.05, 0) is 83.8 Å². The third-order valence-electron chi connectivity index (χ3n) is 13.3. The van der Waals surface area contributed by atoms with Crippen molar-refractivity contribution < 1.29 is 38.1 Å². The minimum atomic E-state index is -0.446. The Morgan fingerprint density at radius 2 is 0.729 bits per heavy atom. The fourth-order valence-electron chi connectivity index (χ4n) is 8.75. The molecule has 13 nitrogen and oxygen atoms in total. The van der Waals surface area contributed by atoms with Crippen LogP contribution in [0.5, 0.6) is 0 Å². The molecule has 0 aliphatic carbocycles. The zero-order chi connectivity index (χ0) is 51.5. The molecule has 0 saturated carbocycles. The van der Waals surface area contributed by atoms with Gasteiger partial charge in [0.05, 0.1) is 26.4 Å². The number of rotatable bonds is 50. The first-order valence-corrected chi connectivity index (χ1v) is 28.6. The quantitative estimate of drug-likeness (QED) is 0.0285. The van der Waals surface area contributed by atoms with Crippen molar-refractivity contribution in [2.45, 2.75) is 240 Å². The van der Waals surface area contributed by atoms with Crippen molar-refractivity contribution >= 4 is 35.3 Å². The molecular weight excluding hydrogens is 887 g/mol. The number of hydrogen-bond acceptors (Lipinski definition) is 13. The molecule has 0 radical (unpaired) electrons. The highest BCUT2D eigenvalue weighted by atomic mass is 16.6. The maximum absolute atomic E-state index is 12.7. The molecule has 70 heavy (non-hydrogen) atoms. The average Bonchev–Trinajstić information content (AvgIpc) is 3.34. The molecule has 0 heterocycles. The maximum atomic E-state index is 12.7. The first kappa shape index (κ1) is 64.5. The van der Waals surface area contributed by atoms with Gasteiger partial charge in [-0.3, -0.25) is 28.8 Å². The highest BCUT2D eigenvalue weighted by Gasteiger charge is 2.22. The molecular formula is C57H103N3O10. The summed E-state index contributed by atoms with van der Waals surface area (Å²) in [7, 11) is 3.54. The van der Waals surface area contributed by atoms with Gasteiger partial charge in [0.15, 0.2) is 0 Å². The van der Waals surface area contributed by atoms with E-state index in [0.29, 0.717) is 43.6 Å². The van der Waals surface area contributed by atoms with Gasteiger partial charge in [0, 0.05) is 58.2 Å². The topological polar surface area (TPSA) is 158 Å². The van der Waals surface area contributed by atoms with Crippen molar-refractivity contribution in [1.29, 1.82) is 0 Å². The summed E-state index contributed by atoms with van der Waals surface area (Å²) in [5, 5.41) is 3.19. The number of ether oxygens (including phenoxy) is 4. The molecule has 0 amide bonds. The summed E-state index contributed by atoms with van der Waals surface area (Å²) < 4.78 is 23.0. The molecule has 0 aromatic heterocycles. The van der Waals surface area contributed by atoms with Gasteiger partial charge in [-0.2, -0.15) is 0 Å². The molecule has 1 aromatic rings. The number of unbranched alkanes of at least 4 members (excludes halogenated alkanes) is 20. The molecule has 13 heteroatoms. The molecule has 0 aliphatic rings. The lowest BCUT2D eigenvalue weighted by Gasteiger charge is -2.24. The Labute approximate surface area is 425 Å². The standard InChI is InChI=1S/C57H103N3O10/c1-7-11-15-19-24-36-50(61)67-44-48(45-68-51(62)37-25-20-16-12-8-2)34-28-32-42-60(41-31-23-30-40-58-54-55(59(5)6)57(66)56(54)65)43-33-29-35-49(46-69-52(63)38-26-21-17-13-9-3)47-70-53(64)39-27-22-18-14-10-4/h48-49,58H,7-47H2,1-6H3. The average molecular weight is 990 g/mol. The smallest absolute Gasteiger partial charge is 0.305 e. The van der Waals surface area contributed by atoms with Crippen LogP contribution in [0.3, 0.4) is 0 Å². The number of carbonyl (C=O) groups is 4. The molecule has 1 aromatic carbocycles. The summed E-state index contributed by atoms with van der Waals surface area (Å²) in [5.74, 6) is -0.831. The molecule has 0 saturated heterocycles. The minimum Gasteiger partial charge on any atom is -0.465 e. The SMILES string of the molecule is CCCCCCCC(=O)OCC(CCCCN(CCCCCNc1c(N(C)C)c(=O)c1=O)CCCCC(COC(=O)CCCCCCC)COC(=O)CCCCCCC)COC(=O)CCCCCCC. The van der Waals surface area contributed by atoms with Gasteiger partial charge in [0.25, 0.3) is 10.9 Å². The van der Waals surface area contributed by atoms with Crippen molar-refractivity contribution in [1.82, 2.24) is 4.90 Å². The van der Waals surface area contributed by atoms with Gasteiger partial charge < -0.3 is 34.1 Å². The molecule has 0 atom stereocenters. The van der Waals surface area contributed by atoms with Gasteiger partial charge in [-0.15, -0.1) is 0 Å². The Morgan fingerprint density at radius 1 is 0.414 bits per heavy atom. The van der Waals surface area contributed by atoms with Crippen LogP contribution in [0.4, 0.5) is 11.4 Å². The first-order valence-electron chi connectivity index (χ1n) is 28.6. The summed E-state index contributed by atoms with van der Waals surface area (Å²) in [6.45, 7) is 13.0. The number of nitrogens with one attached hydrogen (secondary N) is 1. The molecule has 0 aliphatic heterocycles. The van der Waals surface area contributed by atoms with E-state index in [-0.39, 0.29) is 62.1 Å². The molecule has 0 spiro atoms. The second-order valence-electron chi connectivity index (χ2n) is 20.2. The lowest BCUT2D eigenvalue weighted by atomic mass is 10.0. The number of anilines is 2. The van der Waals surface area contributed by atoms with E-state index in [2.05, 4.69) is 37.9 Å². The van der Waals surface area contributed by atoms with Gasteiger partial charge in [-0.1, -0.05) is 150 Å². The number of nitrogens with zero attached hydrogens (tertiary/aromatic N) is 2. The largest absolute Gasteiger partial charge is 0.465 e. The number of esters is 4. The summed E-state index contributed by atoms with van der Waals surface area (Å²) in [4.78, 5) is 79.1. The predicted octanol–water partition coefficient (Wildman–Crippen LogP) is 12.4. The summed E-state index contributed by atoms with van der Waals surface area (Å²) in [6, 6.07) is 0. The van der Waals surface area contributed by atoms with Crippen LogP contribution in [0.1, 0.15) is 240 Å². The predicted molar refractivity (Wildman–Crippen MR) is 286 cm³/mol. The van der Waals surface area contributed by atoms with Crippen LogP contribution in [-0.2, 0) is 38.1 Å². The third kappa shape index (κ3) is 34.0. The van der Waals surface area contributed by atoms with Crippen molar-refractivity contribution in [3.05, 3.63) is 20.4 Å². The molecule has 1 N–H and O–H groups in total. The van der Waals surface area contributed by atoms with Crippen LogP contribution >= 0.6 is 0 Å². The monoisotopic (exact) mass is 990 g/mol. The Kier molecular flexibility index (Phi) is 40.8. The Hall–Kier alpha value is -3.48. The second-order valence-corrected chi connectivity index (χ2v) is 20.2. The molecule has 0 fully saturated rings. The van der Waals surface area contributed by atoms with E-state index in [0.717, 1.165) is 180 Å². The van der Waals surface area contributed by atoms with Gasteiger partial charge >= 0.3 is 23.9 Å². The number of hydrogen-bond donors (Lipinski definition) is 1. The van der Waals surface area contributed by atoms with Crippen LogP contribution in [0.25, 0.3) is 0 Å². The van der Waals surface area contributed by atoms with Crippen molar-refractivity contribution in [2.24, 2.45) is 11.8 Å². The van der Waals surface area contributed by atoms with E-state index in [1.807, 2.05) is 0 Å². The minimum absolute atomic E-state index is 0.0581. The molecule has 1 rings (SSSR count). The molecule has 406 valence electrons. The van der Waals surface area contributed by atoms with Crippen LogP contribution in [0.15, 0.2) is 9.59 Å². The van der Waals surface area contributed by atoms with E-state index >= 15 is 0 Å². The fourth-order valence-corrected chi connectivity index (χ4v) is 8.75. The van der Waals surface area contributed by atoms with E-state index in [1.54, 1.807) is 19.0 Å². The van der Waals surface area contributed by atoms with E-state index in [9.17, 15) is 28.8 Å². The zero-order valence-electron chi connectivity index (χ0n) is 45.6.